The summed E-state index contributed by atoms with van der Waals surface area (Å²) in [5.41, 5.74) is -0.180. The molecule has 8 rings (SSSR count). The van der Waals surface area contributed by atoms with Gasteiger partial charge in [0, 0.05) is 30.3 Å². The maximum atomic E-state index is 12.9. The number of aliphatic hydroxyl groups is 15. The average molecular weight is 1100 g/mol. The van der Waals surface area contributed by atoms with Gasteiger partial charge < -0.3 is 135 Å². The summed E-state index contributed by atoms with van der Waals surface area (Å²) in [4.78, 5) is 12.9. The zero-order chi connectivity index (χ0) is 55.7. The smallest absolute Gasteiger partial charge is 0.402 e. The van der Waals surface area contributed by atoms with E-state index in [0.717, 1.165) is 36.4 Å². The molecule has 0 radical (unpaired) electrons. The molecule has 4 aliphatic rings. The first-order chi connectivity index (χ1) is 36.6. The van der Waals surface area contributed by atoms with Crippen molar-refractivity contribution in [3.63, 3.8) is 0 Å². The van der Waals surface area contributed by atoms with Crippen LogP contribution in [0.4, 0.5) is 0 Å². The Kier molecular flexibility index (Phi) is 17.9. The number of ether oxygens (including phenoxy) is 9. The predicted octanol–water partition coefficient (Wildman–Crippen LogP) is -5.52. The van der Waals surface area contributed by atoms with Gasteiger partial charge in [-0.2, -0.15) is 0 Å². The third-order valence-corrected chi connectivity index (χ3v) is 13.0. The van der Waals surface area contributed by atoms with E-state index in [2.05, 4.69) is 0 Å². The van der Waals surface area contributed by atoms with Crippen LogP contribution in [-0.4, -0.2) is 247 Å². The van der Waals surface area contributed by atoms with Gasteiger partial charge in [0.25, 0.3) is 0 Å². The lowest BCUT2D eigenvalue weighted by atomic mass is 9.99. The molecule has 4 fully saturated rings. The number of rotatable bonds is 16. The Hall–Kier alpha value is -5.88. The molecular weight excluding hydrogens is 1040 g/mol. The van der Waals surface area contributed by atoms with Gasteiger partial charge in [0.15, 0.2) is 11.5 Å². The second-order valence-electron chi connectivity index (χ2n) is 18.2. The number of carbonyl (C=O) groups is 1. The van der Waals surface area contributed by atoms with Crippen molar-refractivity contribution in [3.05, 3.63) is 66.2 Å². The van der Waals surface area contributed by atoms with Crippen molar-refractivity contribution in [2.45, 2.75) is 123 Å². The molecule has 0 saturated carbocycles. The van der Waals surface area contributed by atoms with Crippen molar-refractivity contribution >= 4 is 23.0 Å². The van der Waals surface area contributed by atoms with Crippen molar-refractivity contribution in [3.8, 4) is 51.6 Å². The Balaban J connectivity index is 1.06. The van der Waals surface area contributed by atoms with Gasteiger partial charge in [-0.05, 0) is 23.8 Å². The van der Waals surface area contributed by atoms with Gasteiger partial charge in [0.2, 0.25) is 36.7 Å². The lowest BCUT2D eigenvalue weighted by Gasteiger charge is -2.40. The SMILES string of the molecule is O=C(/C=C/c1ccc(O[C@@H]2OC(CO)[C@@H](O)[C@H](O)C2O)cc1)OCC1O[C@@H](Oc2cc(-c3[o+]c4cc(O)cc(O)c4cc3O[C@@H]3OC(CO)[C@@H](O)[C@H](O)C3O)cc(O[C@@H]3OC(CO)[C@@H](O)[C@H](O)C3O)c2O)C(O)[C@@H](O)[C@@H]1O. The maximum Gasteiger partial charge on any atom is 0.402 e. The summed E-state index contributed by atoms with van der Waals surface area (Å²) < 4.78 is 56.6. The summed E-state index contributed by atoms with van der Waals surface area (Å²) in [6, 6.07) is 10.8. The number of hydrogen-bond acceptors (Lipinski definition) is 28. The van der Waals surface area contributed by atoms with Crippen LogP contribution in [0.2, 0.25) is 0 Å². The van der Waals surface area contributed by atoms with Crippen LogP contribution in [0.1, 0.15) is 5.56 Å². The Labute approximate surface area is 433 Å². The van der Waals surface area contributed by atoms with E-state index in [-0.39, 0.29) is 22.3 Å². The molecule has 77 heavy (non-hydrogen) atoms. The molecule has 1 aromatic heterocycles. The summed E-state index contributed by atoms with van der Waals surface area (Å²) in [6.07, 6.45) is -33.9. The number of benzene rings is 3. The molecule has 5 heterocycles. The first kappa shape index (κ1) is 57.3. The van der Waals surface area contributed by atoms with Crippen LogP contribution in [-0.2, 0) is 28.5 Å². The van der Waals surface area contributed by atoms with Crippen molar-refractivity contribution in [2.24, 2.45) is 0 Å². The molecule has 0 spiro atoms. The molecule has 4 aliphatic heterocycles. The number of fused-ring (bicyclic) bond motifs is 1. The van der Waals surface area contributed by atoms with Gasteiger partial charge in [-0.15, -0.1) is 0 Å². The summed E-state index contributed by atoms with van der Waals surface area (Å²) >= 11 is 0. The quantitative estimate of drug-likeness (QED) is 0.0283. The van der Waals surface area contributed by atoms with Crippen LogP contribution in [0.5, 0.6) is 40.2 Å². The summed E-state index contributed by atoms with van der Waals surface area (Å²) in [5, 5.41) is 189. The van der Waals surface area contributed by atoms with Gasteiger partial charge in [0.1, 0.15) is 127 Å². The summed E-state index contributed by atoms with van der Waals surface area (Å²) in [6.45, 7) is -3.24. The molecule has 29 heteroatoms. The van der Waals surface area contributed by atoms with Crippen molar-refractivity contribution < 1.29 is 144 Å². The van der Waals surface area contributed by atoms with E-state index in [4.69, 9.17) is 47.0 Å². The minimum absolute atomic E-state index is 0.129. The normalized spacial score (nSPS) is 35.6. The number of aliphatic hydroxyl groups excluding tert-OH is 15. The van der Waals surface area contributed by atoms with E-state index in [0.29, 0.717) is 5.56 Å². The highest BCUT2D eigenvalue weighted by Gasteiger charge is 2.50. The molecule has 20 atom stereocenters. The zero-order valence-electron chi connectivity index (χ0n) is 39.8. The molecule has 4 aromatic rings. The van der Waals surface area contributed by atoms with Gasteiger partial charge in [-0.3, -0.25) is 0 Å². The monoisotopic (exact) mass is 1100 g/mol. The number of phenols is 3. The molecule has 3 aromatic carbocycles. The van der Waals surface area contributed by atoms with E-state index in [1.807, 2.05) is 0 Å². The minimum atomic E-state index is -2.15. The van der Waals surface area contributed by atoms with E-state index in [9.17, 15) is 96.7 Å². The Morgan fingerprint density at radius 2 is 0.935 bits per heavy atom. The van der Waals surface area contributed by atoms with Crippen molar-refractivity contribution in [1.29, 1.82) is 0 Å². The fraction of sp³-hybridized carbons (Fsp3) is 0.500. The fourth-order valence-electron chi connectivity index (χ4n) is 8.56. The Bertz CT molecular complexity index is 2690. The highest BCUT2D eigenvalue weighted by atomic mass is 16.7. The van der Waals surface area contributed by atoms with Crippen LogP contribution < -0.4 is 18.9 Å². The maximum absolute atomic E-state index is 12.9. The third-order valence-electron chi connectivity index (χ3n) is 13.0. The Morgan fingerprint density at radius 3 is 1.40 bits per heavy atom. The van der Waals surface area contributed by atoms with Crippen LogP contribution >= 0.6 is 0 Å². The van der Waals surface area contributed by atoms with E-state index < -0.39 is 195 Å². The molecule has 0 amide bonds. The molecule has 29 nitrogen and oxygen atoms in total. The minimum Gasteiger partial charge on any atom is -0.507 e. The summed E-state index contributed by atoms with van der Waals surface area (Å²) in [5.74, 6) is -5.46. The van der Waals surface area contributed by atoms with Crippen LogP contribution in [0, 0.1) is 0 Å². The highest BCUT2D eigenvalue weighted by molar-refractivity contribution is 5.89. The van der Waals surface area contributed by atoms with Gasteiger partial charge in [0.05, 0.1) is 31.5 Å². The summed E-state index contributed by atoms with van der Waals surface area (Å²) in [7, 11) is 0. The lowest BCUT2D eigenvalue weighted by molar-refractivity contribution is -0.279. The molecule has 4 saturated heterocycles. The van der Waals surface area contributed by atoms with Crippen LogP contribution in [0.25, 0.3) is 28.4 Å². The molecule has 0 bridgehead atoms. The van der Waals surface area contributed by atoms with E-state index in [1.165, 1.54) is 30.3 Å². The fourth-order valence-corrected chi connectivity index (χ4v) is 8.56. The molecule has 8 unspecified atom stereocenters. The first-order valence-electron chi connectivity index (χ1n) is 23.6. The van der Waals surface area contributed by atoms with Gasteiger partial charge >= 0.3 is 17.3 Å². The third kappa shape index (κ3) is 12.1. The first-order valence-corrected chi connectivity index (χ1v) is 23.6. The average Bonchev–Trinajstić information content (AvgIpc) is 3.42. The van der Waals surface area contributed by atoms with Crippen LogP contribution in [0.3, 0.4) is 0 Å². The number of esters is 1. The second kappa shape index (κ2) is 24.0. The predicted molar refractivity (Wildman–Crippen MR) is 248 cm³/mol. The molecule has 422 valence electrons. The number of phenolic OH excluding ortho intramolecular Hbond substituents is 3. The van der Waals surface area contributed by atoms with Crippen molar-refractivity contribution in [1.82, 2.24) is 0 Å². The zero-order valence-corrected chi connectivity index (χ0v) is 39.8. The lowest BCUT2D eigenvalue weighted by Crippen LogP contribution is -2.60. The van der Waals surface area contributed by atoms with Gasteiger partial charge in [-0.25, -0.2) is 9.21 Å². The number of aromatic hydroxyl groups is 3. The second-order valence-corrected chi connectivity index (χ2v) is 18.2. The molecular formula is C48H57O29+. The van der Waals surface area contributed by atoms with Gasteiger partial charge in [-0.1, -0.05) is 12.1 Å². The Morgan fingerprint density at radius 1 is 0.506 bits per heavy atom. The van der Waals surface area contributed by atoms with Crippen LogP contribution in [0.15, 0.2) is 65.1 Å². The standard InChI is InChI=1S/C48H56O29/c49-12-26-32(56)36(60)40(64)45(74-26)69-19-4-1-16(2-5-19)3-6-30(54)68-15-29-35(59)39(63)43(67)47(77-29)72-24-8-17(7-23(31(24)55)71-46-41(65)37(61)33(57)27(13-50)75-46)44-25(11-20-21(53)9-18(52)10-22(20)70-44)73-48-42(66)38(62)34(58)28(14-51)76-48/h1-11,26-29,32-43,45-51,56-67H,12-15H2,(H2-,52,53,55)/p+1/b6-3+/t26?,27?,28?,29?,32-,33-,34-,35-,36+,37+,38+,39+,40?,41?,42?,43?,45-,46-,47-,48-/m1/s1. The molecule has 18 N–H and O–H groups in total. The van der Waals surface area contributed by atoms with E-state index >= 15 is 0 Å². The van der Waals surface area contributed by atoms with E-state index in [1.54, 1.807) is 0 Å². The van der Waals surface area contributed by atoms with Crippen molar-refractivity contribution in [2.75, 3.05) is 26.4 Å². The topological polar surface area (TPSA) is 476 Å². The number of carbonyl (C=O) groups excluding carboxylic acids is 1. The largest absolute Gasteiger partial charge is 0.507 e. The molecule has 0 aliphatic carbocycles. The highest BCUT2D eigenvalue weighted by Crippen LogP contribution is 2.47. The number of hydrogen-bond donors (Lipinski definition) is 18.